The topological polar surface area (TPSA) is 8.17 Å². The maximum absolute atomic E-state index is 2.47. The number of nitrogens with zero attached hydrogens (tertiary/aromatic N) is 2. The number of anilines is 3. The van der Waals surface area contributed by atoms with Crippen molar-refractivity contribution in [2.45, 2.75) is 0 Å². The fourth-order valence-corrected chi connectivity index (χ4v) is 10.4. The predicted molar refractivity (Wildman–Crippen MR) is 254 cm³/mol. The van der Waals surface area contributed by atoms with E-state index in [1.165, 1.54) is 85.8 Å². The summed E-state index contributed by atoms with van der Waals surface area (Å²) in [6.07, 6.45) is 0. The second kappa shape index (κ2) is 13.6. The molecule has 0 amide bonds. The minimum absolute atomic E-state index is 1.11. The van der Waals surface area contributed by atoms with Gasteiger partial charge < -0.3 is 9.47 Å². The van der Waals surface area contributed by atoms with E-state index in [0.29, 0.717) is 0 Å². The van der Waals surface area contributed by atoms with Gasteiger partial charge in [-0.2, -0.15) is 0 Å². The lowest BCUT2D eigenvalue weighted by Gasteiger charge is -2.26. The molecular weight excluding hydrogens is 733 g/mol. The summed E-state index contributed by atoms with van der Waals surface area (Å²) < 4.78 is 5.07. The molecular formula is C56H36N2S. The Bertz CT molecular complexity index is 3530. The average molecular weight is 769 g/mol. The maximum Gasteiger partial charge on any atom is 0.0619 e. The highest BCUT2D eigenvalue weighted by Crippen LogP contribution is 2.45. The quantitative estimate of drug-likeness (QED) is 0.164. The van der Waals surface area contributed by atoms with E-state index in [9.17, 15) is 0 Å². The summed E-state index contributed by atoms with van der Waals surface area (Å²) in [5.74, 6) is 0. The Balaban J connectivity index is 1.04. The molecule has 2 aromatic heterocycles. The van der Waals surface area contributed by atoms with Crippen LogP contribution in [0.2, 0.25) is 0 Å². The van der Waals surface area contributed by atoms with Gasteiger partial charge in [0.25, 0.3) is 0 Å². The molecule has 12 rings (SSSR count). The van der Waals surface area contributed by atoms with Gasteiger partial charge in [0.15, 0.2) is 0 Å². The molecule has 0 fully saturated rings. The van der Waals surface area contributed by atoms with Crippen LogP contribution in [-0.2, 0) is 0 Å². The van der Waals surface area contributed by atoms with Gasteiger partial charge in [-0.1, -0.05) is 158 Å². The lowest BCUT2D eigenvalue weighted by molar-refractivity contribution is 1.19. The minimum Gasteiger partial charge on any atom is -0.310 e. The molecule has 0 saturated carbocycles. The van der Waals surface area contributed by atoms with Crippen LogP contribution in [-0.4, -0.2) is 4.57 Å². The normalized spacial score (nSPS) is 11.7. The van der Waals surface area contributed by atoms with E-state index in [2.05, 4.69) is 228 Å². The van der Waals surface area contributed by atoms with Crippen molar-refractivity contribution in [3.63, 3.8) is 0 Å². The number of benzene rings is 10. The zero-order valence-corrected chi connectivity index (χ0v) is 32.9. The van der Waals surface area contributed by atoms with Crippen LogP contribution in [0.3, 0.4) is 0 Å². The van der Waals surface area contributed by atoms with Gasteiger partial charge in [-0.15, -0.1) is 11.3 Å². The number of hydrogen-bond donors (Lipinski definition) is 0. The summed E-state index contributed by atoms with van der Waals surface area (Å²) in [5, 5.41) is 10.2. The smallest absolute Gasteiger partial charge is 0.0619 e. The summed E-state index contributed by atoms with van der Waals surface area (Å²) in [7, 11) is 0. The third-order valence-electron chi connectivity index (χ3n) is 12.0. The highest BCUT2D eigenvalue weighted by molar-refractivity contribution is 7.25. The summed E-state index contributed by atoms with van der Waals surface area (Å²) in [4.78, 5) is 2.39. The first-order valence-corrected chi connectivity index (χ1v) is 21.0. The minimum atomic E-state index is 1.11. The summed E-state index contributed by atoms with van der Waals surface area (Å²) in [5.41, 5.74) is 11.8. The first kappa shape index (κ1) is 33.7. The molecule has 0 saturated heterocycles. The molecule has 0 aliphatic carbocycles. The van der Waals surface area contributed by atoms with Crippen LogP contribution in [0, 0.1) is 0 Å². The van der Waals surface area contributed by atoms with Gasteiger partial charge in [-0.3, -0.25) is 0 Å². The standard InChI is InChI=1S/C56H36N2S/c1-3-13-37(14-4-1)38-23-28-42(29-24-38)57(44-32-34-48-47-20-11-12-22-53(47)59-54(48)35-44)43-30-25-40(26-31-43)51-36-52-55(49-21-10-9-19-46(49)51)50-33-27-39-15-7-8-18-45(39)56(50)58(52)41-16-5-2-6-17-41/h1-36H. The van der Waals surface area contributed by atoms with Crippen LogP contribution in [0.25, 0.3) is 91.5 Å². The van der Waals surface area contributed by atoms with Crippen molar-refractivity contribution in [1.82, 2.24) is 4.57 Å². The monoisotopic (exact) mass is 768 g/mol. The lowest BCUT2D eigenvalue weighted by atomic mass is 9.94. The van der Waals surface area contributed by atoms with Gasteiger partial charge in [0.2, 0.25) is 0 Å². The summed E-state index contributed by atoms with van der Waals surface area (Å²) in [6, 6.07) is 79.9. The van der Waals surface area contributed by atoms with Gasteiger partial charge >= 0.3 is 0 Å². The van der Waals surface area contributed by atoms with Crippen molar-refractivity contribution in [2.75, 3.05) is 4.90 Å². The predicted octanol–water partition coefficient (Wildman–Crippen LogP) is 16.3. The molecule has 0 atom stereocenters. The molecule has 0 radical (unpaired) electrons. The van der Waals surface area contributed by atoms with E-state index in [1.54, 1.807) is 0 Å². The Morgan fingerprint density at radius 3 is 1.68 bits per heavy atom. The molecule has 0 aliphatic rings. The molecule has 2 nitrogen and oxygen atoms in total. The molecule has 0 aliphatic heterocycles. The zero-order chi connectivity index (χ0) is 38.9. The van der Waals surface area contributed by atoms with Crippen molar-refractivity contribution in [3.8, 4) is 27.9 Å². The third-order valence-corrected chi connectivity index (χ3v) is 13.1. The number of thiophene rings is 1. The average Bonchev–Trinajstić information content (AvgIpc) is 3.86. The Hall–Kier alpha value is -7.46. The van der Waals surface area contributed by atoms with Crippen LogP contribution < -0.4 is 4.90 Å². The van der Waals surface area contributed by atoms with Gasteiger partial charge in [0, 0.05) is 59.1 Å². The molecule has 0 unspecified atom stereocenters. The first-order valence-electron chi connectivity index (χ1n) is 20.2. The Morgan fingerprint density at radius 1 is 0.356 bits per heavy atom. The number of hydrogen-bond acceptors (Lipinski definition) is 2. The van der Waals surface area contributed by atoms with E-state index in [-0.39, 0.29) is 0 Å². The zero-order valence-electron chi connectivity index (χ0n) is 32.1. The molecule has 276 valence electrons. The second-order valence-corrected chi connectivity index (χ2v) is 16.4. The second-order valence-electron chi connectivity index (χ2n) is 15.3. The number of aromatic nitrogens is 1. The number of para-hydroxylation sites is 1. The first-order chi connectivity index (χ1) is 29.3. The molecule has 3 heteroatoms. The van der Waals surface area contributed by atoms with Crippen molar-refractivity contribution in [2.24, 2.45) is 0 Å². The van der Waals surface area contributed by atoms with Crippen molar-refractivity contribution >= 4 is 91.9 Å². The van der Waals surface area contributed by atoms with Gasteiger partial charge in [0.1, 0.15) is 0 Å². The molecule has 0 spiro atoms. The molecule has 59 heavy (non-hydrogen) atoms. The summed E-state index contributed by atoms with van der Waals surface area (Å²) in [6.45, 7) is 0. The van der Waals surface area contributed by atoms with Crippen molar-refractivity contribution in [1.29, 1.82) is 0 Å². The fourth-order valence-electron chi connectivity index (χ4n) is 9.25. The van der Waals surface area contributed by atoms with Crippen molar-refractivity contribution < 1.29 is 0 Å². The molecule has 2 heterocycles. The van der Waals surface area contributed by atoms with Gasteiger partial charge in [-0.05, 0) is 99.1 Å². The SMILES string of the molecule is c1ccc(-c2ccc(N(c3ccc(-c4cc5c(c6ccccc46)c4ccc6ccccc6c4n5-c4ccccc4)cc3)c3ccc4c(c3)sc3ccccc34)cc2)cc1. The van der Waals surface area contributed by atoms with E-state index in [0.717, 1.165) is 22.7 Å². The van der Waals surface area contributed by atoms with Crippen LogP contribution in [0.5, 0.6) is 0 Å². The Kier molecular flexibility index (Phi) is 7.75. The van der Waals surface area contributed by atoms with Crippen LogP contribution in [0.15, 0.2) is 218 Å². The van der Waals surface area contributed by atoms with Crippen LogP contribution >= 0.6 is 11.3 Å². The van der Waals surface area contributed by atoms with Crippen molar-refractivity contribution in [3.05, 3.63) is 218 Å². The maximum atomic E-state index is 2.47. The largest absolute Gasteiger partial charge is 0.310 e. The highest BCUT2D eigenvalue weighted by Gasteiger charge is 2.21. The number of fused-ring (bicyclic) bond motifs is 10. The highest BCUT2D eigenvalue weighted by atomic mass is 32.1. The third kappa shape index (κ3) is 5.47. The lowest BCUT2D eigenvalue weighted by Crippen LogP contribution is -2.09. The molecule has 12 aromatic rings. The van der Waals surface area contributed by atoms with E-state index >= 15 is 0 Å². The fraction of sp³-hybridized carbons (Fsp3) is 0. The Morgan fingerprint density at radius 2 is 0.915 bits per heavy atom. The molecule has 10 aromatic carbocycles. The number of rotatable bonds is 6. The molecule has 0 N–H and O–H groups in total. The Labute approximate surface area is 346 Å². The van der Waals surface area contributed by atoms with Crippen LogP contribution in [0.1, 0.15) is 0 Å². The summed E-state index contributed by atoms with van der Waals surface area (Å²) >= 11 is 1.86. The van der Waals surface area contributed by atoms with E-state index in [1.807, 2.05) is 11.3 Å². The molecule has 0 bridgehead atoms. The van der Waals surface area contributed by atoms with E-state index < -0.39 is 0 Å². The van der Waals surface area contributed by atoms with Gasteiger partial charge in [-0.25, -0.2) is 0 Å². The van der Waals surface area contributed by atoms with Crippen LogP contribution in [0.4, 0.5) is 17.1 Å². The van der Waals surface area contributed by atoms with Gasteiger partial charge in [0.05, 0.1) is 11.0 Å². The van der Waals surface area contributed by atoms with E-state index in [4.69, 9.17) is 0 Å².